The summed E-state index contributed by atoms with van der Waals surface area (Å²) in [5, 5.41) is 3.07. The van der Waals surface area contributed by atoms with Gasteiger partial charge in [0.15, 0.2) is 11.5 Å². The Morgan fingerprint density at radius 1 is 0.966 bits per heavy atom. The lowest BCUT2D eigenvalue weighted by Gasteiger charge is -2.17. The molecule has 0 atom stereocenters. The second-order valence-electron chi connectivity index (χ2n) is 7.64. The number of hydrogen-bond acceptors (Lipinski definition) is 3. The number of hydrogen-bond donors (Lipinski definition) is 1. The minimum Gasteiger partial charge on any atom is -0.454 e. The molecule has 0 radical (unpaired) electrons. The molecule has 1 fully saturated rings. The Morgan fingerprint density at radius 2 is 1.72 bits per heavy atom. The summed E-state index contributed by atoms with van der Waals surface area (Å²) in [6.45, 7) is 2.22. The van der Waals surface area contributed by atoms with E-state index >= 15 is 0 Å². The van der Waals surface area contributed by atoms with Gasteiger partial charge in [0, 0.05) is 5.69 Å². The molecule has 0 bridgehead atoms. The van der Waals surface area contributed by atoms with Gasteiger partial charge in [-0.25, -0.2) is 4.39 Å². The second kappa shape index (κ2) is 6.62. The average Bonchev–Trinajstić information content (AvgIpc) is 3.41. The summed E-state index contributed by atoms with van der Waals surface area (Å²) in [5.74, 6) is 1.11. The molecule has 0 saturated heterocycles. The van der Waals surface area contributed by atoms with Gasteiger partial charge in [0.25, 0.3) is 0 Å². The first-order chi connectivity index (χ1) is 14.0. The fourth-order valence-corrected chi connectivity index (χ4v) is 3.86. The predicted molar refractivity (Wildman–Crippen MR) is 109 cm³/mol. The minimum atomic E-state index is -0.526. The van der Waals surface area contributed by atoms with Crippen LogP contribution in [0, 0.1) is 12.7 Å². The maximum atomic E-state index is 13.3. The number of carbonyl (C=O) groups excluding carboxylic acids is 1. The lowest BCUT2D eigenvalue weighted by Crippen LogP contribution is -2.27. The van der Waals surface area contributed by atoms with Gasteiger partial charge in [-0.2, -0.15) is 0 Å². The van der Waals surface area contributed by atoms with Gasteiger partial charge in [-0.1, -0.05) is 24.3 Å². The summed E-state index contributed by atoms with van der Waals surface area (Å²) in [6.07, 6.45) is 1.60. The predicted octanol–water partition coefficient (Wildman–Crippen LogP) is 5.20. The zero-order valence-corrected chi connectivity index (χ0v) is 16.0. The molecule has 146 valence electrons. The molecule has 1 amide bonds. The minimum absolute atomic E-state index is 0.0229. The van der Waals surface area contributed by atoms with Gasteiger partial charge in [0.05, 0.1) is 5.41 Å². The number of carbonyl (C=O) groups is 1. The van der Waals surface area contributed by atoms with E-state index in [9.17, 15) is 9.18 Å². The van der Waals surface area contributed by atoms with Crippen LogP contribution >= 0.6 is 0 Å². The van der Waals surface area contributed by atoms with Crippen molar-refractivity contribution in [1.29, 1.82) is 0 Å². The van der Waals surface area contributed by atoms with E-state index in [1.54, 1.807) is 12.1 Å². The van der Waals surface area contributed by atoms with Gasteiger partial charge in [0.2, 0.25) is 12.7 Å². The molecule has 1 aliphatic heterocycles. The molecule has 1 N–H and O–H groups in total. The van der Waals surface area contributed by atoms with Crippen LogP contribution in [0.2, 0.25) is 0 Å². The van der Waals surface area contributed by atoms with Crippen molar-refractivity contribution in [3.05, 3.63) is 77.6 Å². The van der Waals surface area contributed by atoms with Crippen molar-refractivity contribution in [2.24, 2.45) is 0 Å². The van der Waals surface area contributed by atoms with Gasteiger partial charge in [-0.15, -0.1) is 0 Å². The summed E-state index contributed by atoms with van der Waals surface area (Å²) in [6, 6.07) is 17.9. The number of fused-ring (bicyclic) bond motifs is 1. The molecule has 5 rings (SSSR count). The standard InChI is InChI=1S/C24H20FNO3/c1-15-2-8-19(13-20(15)16-3-6-18(25)7-4-16)26-23(27)24(10-11-24)17-5-9-21-22(12-17)29-14-28-21/h2-9,12-13H,10-11,14H2,1H3,(H,26,27). The van der Waals surface area contributed by atoms with Gasteiger partial charge < -0.3 is 14.8 Å². The van der Waals surface area contributed by atoms with Crippen LogP contribution in [0.5, 0.6) is 11.5 Å². The Hall–Kier alpha value is -3.34. The summed E-state index contributed by atoms with van der Waals surface area (Å²) in [7, 11) is 0. The first-order valence-electron chi connectivity index (χ1n) is 9.63. The summed E-state index contributed by atoms with van der Waals surface area (Å²) in [5.41, 5.74) is 4.10. The fraction of sp³-hybridized carbons (Fsp3) is 0.208. The van der Waals surface area contributed by atoms with Crippen molar-refractivity contribution in [3.8, 4) is 22.6 Å². The van der Waals surface area contributed by atoms with Crippen LogP contribution in [0.15, 0.2) is 60.7 Å². The van der Waals surface area contributed by atoms with Crippen molar-refractivity contribution >= 4 is 11.6 Å². The van der Waals surface area contributed by atoms with Crippen LogP contribution in [0.3, 0.4) is 0 Å². The number of anilines is 1. The van der Waals surface area contributed by atoms with Gasteiger partial charge >= 0.3 is 0 Å². The van der Waals surface area contributed by atoms with E-state index < -0.39 is 5.41 Å². The van der Waals surface area contributed by atoms with Crippen LogP contribution in [0.1, 0.15) is 24.0 Å². The zero-order chi connectivity index (χ0) is 20.0. The maximum Gasteiger partial charge on any atom is 0.235 e. The largest absolute Gasteiger partial charge is 0.454 e. The molecule has 5 heteroatoms. The molecule has 1 saturated carbocycles. The lowest BCUT2D eigenvalue weighted by molar-refractivity contribution is -0.118. The Labute approximate surface area is 168 Å². The molecule has 0 aromatic heterocycles. The van der Waals surface area contributed by atoms with Crippen LogP contribution in [-0.2, 0) is 10.2 Å². The molecular formula is C24H20FNO3. The lowest BCUT2D eigenvalue weighted by atomic mass is 9.94. The van der Waals surface area contributed by atoms with Crippen molar-refractivity contribution < 1.29 is 18.7 Å². The average molecular weight is 389 g/mol. The van der Waals surface area contributed by atoms with Crippen LogP contribution in [0.25, 0.3) is 11.1 Å². The molecule has 0 spiro atoms. The highest BCUT2D eigenvalue weighted by atomic mass is 19.1. The first kappa shape index (κ1) is 17.7. The van der Waals surface area contributed by atoms with Crippen LogP contribution in [-0.4, -0.2) is 12.7 Å². The van der Waals surface area contributed by atoms with E-state index in [0.29, 0.717) is 11.5 Å². The molecule has 29 heavy (non-hydrogen) atoms. The summed E-state index contributed by atoms with van der Waals surface area (Å²) >= 11 is 0. The molecule has 3 aromatic carbocycles. The molecule has 0 unspecified atom stereocenters. The molecule has 2 aliphatic rings. The summed E-state index contributed by atoms with van der Waals surface area (Å²) in [4.78, 5) is 13.1. The number of amides is 1. The number of nitrogens with one attached hydrogen (secondary N) is 1. The highest BCUT2D eigenvalue weighted by molar-refractivity contribution is 6.02. The first-order valence-corrected chi connectivity index (χ1v) is 9.63. The van der Waals surface area contributed by atoms with Crippen molar-refractivity contribution in [2.45, 2.75) is 25.2 Å². The fourth-order valence-electron chi connectivity index (χ4n) is 3.86. The third kappa shape index (κ3) is 3.12. The number of aryl methyl sites for hydroxylation is 1. The van der Waals surface area contributed by atoms with E-state index in [1.165, 1.54) is 12.1 Å². The van der Waals surface area contributed by atoms with E-state index in [-0.39, 0.29) is 18.5 Å². The van der Waals surface area contributed by atoms with Gasteiger partial charge in [0.1, 0.15) is 5.82 Å². The Balaban J connectivity index is 1.41. The second-order valence-corrected chi connectivity index (χ2v) is 7.64. The Bertz CT molecular complexity index is 1100. The normalized spacial score (nSPS) is 15.8. The van der Waals surface area contributed by atoms with E-state index in [0.717, 1.165) is 40.8 Å². The number of halogens is 1. The van der Waals surface area contributed by atoms with Crippen molar-refractivity contribution in [2.75, 3.05) is 12.1 Å². The molecule has 4 nitrogen and oxygen atoms in total. The number of ether oxygens (including phenoxy) is 2. The maximum absolute atomic E-state index is 13.3. The van der Waals surface area contributed by atoms with Crippen LogP contribution in [0.4, 0.5) is 10.1 Å². The Kier molecular flexibility index (Phi) is 4.05. The topological polar surface area (TPSA) is 47.6 Å². The molecule has 1 aliphatic carbocycles. The van der Waals surface area contributed by atoms with E-state index in [4.69, 9.17) is 9.47 Å². The SMILES string of the molecule is Cc1ccc(NC(=O)C2(c3ccc4c(c3)OCO4)CC2)cc1-c1ccc(F)cc1. The molecular weight excluding hydrogens is 369 g/mol. The highest BCUT2D eigenvalue weighted by Gasteiger charge is 2.51. The van der Waals surface area contributed by atoms with E-state index in [1.807, 2.05) is 43.3 Å². The highest BCUT2D eigenvalue weighted by Crippen LogP contribution is 2.51. The smallest absolute Gasteiger partial charge is 0.235 e. The third-order valence-corrected chi connectivity index (χ3v) is 5.76. The zero-order valence-electron chi connectivity index (χ0n) is 16.0. The number of rotatable bonds is 4. The molecule has 3 aromatic rings. The third-order valence-electron chi connectivity index (χ3n) is 5.76. The quantitative estimate of drug-likeness (QED) is 0.667. The van der Waals surface area contributed by atoms with Gasteiger partial charge in [-0.05, 0) is 78.4 Å². The van der Waals surface area contributed by atoms with Gasteiger partial charge in [-0.3, -0.25) is 4.79 Å². The van der Waals surface area contributed by atoms with Crippen molar-refractivity contribution in [1.82, 2.24) is 0 Å². The monoisotopic (exact) mass is 389 g/mol. The van der Waals surface area contributed by atoms with Crippen molar-refractivity contribution in [3.63, 3.8) is 0 Å². The number of benzene rings is 3. The molecule has 1 heterocycles. The summed E-state index contributed by atoms with van der Waals surface area (Å²) < 4.78 is 24.1. The van der Waals surface area contributed by atoms with E-state index in [2.05, 4.69) is 5.32 Å². The van der Waals surface area contributed by atoms with Crippen LogP contribution < -0.4 is 14.8 Å². The Morgan fingerprint density at radius 3 is 2.48 bits per heavy atom.